The molecule has 1 aliphatic heterocycles. The molecule has 0 saturated carbocycles. The molecule has 2 heterocycles. The largest absolute Gasteiger partial charge is 0.508 e. The van der Waals surface area contributed by atoms with Gasteiger partial charge in [-0.2, -0.15) is 0 Å². The molecule has 0 aliphatic carbocycles. The number of rotatable bonds is 2. The fourth-order valence-electron chi connectivity index (χ4n) is 3.00. The molecule has 0 amide bonds. The summed E-state index contributed by atoms with van der Waals surface area (Å²) in [4.78, 5) is 14.0. The third-order valence-corrected chi connectivity index (χ3v) is 3.70. The van der Waals surface area contributed by atoms with Crippen LogP contribution in [0.15, 0.2) is 33.5 Å². The van der Waals surface area contributed by atoms with Gasteiger partial charge in [-0.3, -0.25) is 4.90 Å². The predicted molar refractivity (Wildman–Crippen MR) is 79.4 cm³/mol. The van der Waals surface area contributed by atoms with E-state index < -0.39 is 5.63 Å². The van der Waals surface area contributed by atoms with E-state index >= 15 is 0 Å². The van der Waals surface area contributed by atoms with E-state index in [0.717, 1.165) is 24.0 Å². The molecule has 1 aromatic heterocycles. The molecule has 1 fully saturated rings. The van der Waals surface area contributed by atoms with Crippen LogP contribution in [0.4, 0.5) is 0 Å². The maximum absolute atomic E-state index is 11.7. The Morgan fingerprint density at radius 3 is 2.67 bits per heavy atom. The summed E-state index contributed by atoms with van der Waals surface area (Å²) < 4.78 is 10.9. The molecule has 0 spiro atoms. The Labute approximate surface area is 122 Å². The van der Waals surface area contributed by atoms with Crippen LogP contribution < -0.4 is 5.63 Å². The molecule has 1 aromatic carbocycles. The highest BCUT2D eigenvalue weighted by Gasteiger charge is 2.22. The van der Waals surface area contributed by atoms with Crippen molar-refractivity contribution in [2.24, 2.45) is 0 Å². The van der Waals surface area contributed by atoms with E-state index in [1.54, 1.807) is 12.1 Å². The Kier molecular flexibility index (Phi) is 3.69. The number of hydrogen-bond donors (Lipinski definition) is 1. The monoisotopic (exact) mass is 289 g/mol. The zero-order valence-corrected chi connectivity index (χ0v) is 12.2. The van der Waals surface area contributed by atoms with E-state index in [9.17, 15) is 9.90 Å². The minimum atomic E-state index is -0.391. The van der Waals surface area contributed by atoms with Gasteiger partial charge in [0.05, 0.1) is 12.2 Å². The summed E-state index contributed by atoms with van der Waals surface area (Å²) in [6, 6.07) is 6.40. The molecular weight excluding hydrogens is 270 g/mol. The van der Waals surface area contributed by atoms with Gasteiger partial charge in [-0.25, -0.2) is 4.79 Å². The van der Waals surface area contributed by atoms with Crippen molar-refractivity contribution in [1.82, 2.24) is 4.90 Å². The number of morpholine rings is 1. The van der Waals surface area contributed by atoms with E-state index in [-0.39, 0.29) is 18.0 Å². The van der Waals surface area contributed by atoms with E-state index in [0.29, 0.717) is 12.1 Å². The van der Waals surface area contributed by atoms with Gasteiger partial charge >= 0.3 is 5.63 Å². The minimum absolute atomic E-state index is 0.0939. The highest BCUT2D eigenvalue weighted by Crippen LogP contribution is 2.23. The standard InChI is InChI=1S/C16H19NO4/c1-10-7-17(8-11(2)20-10)9-12-5-16(19)21-15-6-13(18)3-4-14(12)15/h3-6,10-11,18H,7-9H2,1-2H3/t10-,11+. The van der Waals surface area contributed by atoms with Crippen molar-refractivity contribution in [3.05, 3.63) is 40.2 Å². The maximum Gasteiger partial charge on any atom is 0.336 e. The molecule has 3 rings (SSSR count). The predicted octanol–water partition coefficient (Wildman–Crippen LogP) is 2.11. The van der Waals surface area contributed by atoms with Gasteiger partial charge < -0.3 is 14.3 Å². The van der Waals surface area contributed by atoms with Gasteiger partial charge in [-0.15, -0.1) is 0 Å². The van der Waals surface area contributed by atoms with Crippen molar-refractivity contribution in [1.29, 1.82) is 0 Å². The SMILES string of the molecule is C[C@@H]1CN(Cc2cc(=O)oc3cc(O)ccc23)C[C@H](C)O1. The summed E-state index contributed by atoms with van der Waals surface area (Å²) in [5, 5.41) is 10.4. The second-order valence-electron chi connectivity index (χ2n) is 5.72. The Morgan fingerprint density at radius 1 is 1.24 bits per heavy atom. The first kappa shape index (κ1) is 14.1. The van der Waals surface area contributed by atoms with Gasteiger partial charge in [0.1, 0.15) is 11.3 Å². The smallest absolute Gasteiger partial charge is 0.336 e. The highest BCUT2D eigenvalue weighted by atomic mass is 16.5. The van der Waals surface area contributed by atoms with Crippen molar-refractivity contribution in [3.63, 3.8) is 0 Å². The zero-order chi connectivity index (χ0) is 15.0. The number of phenols is 1. The van der Waals surface area contributed by atoms with Gasteiger partial charge in [0.25, 0.3) is 0 Å². The first-order chi connectivity index (χ1) is 10.0. The van der Waals surface area contributed by atoms with Gasteiger partial charge in [0, 0.05) is 37.2 Å². The van der Waals surface area contributed by atoms with Gasteiger partial charge in [-0.1, -0.05) is 0 Å². The Hall–Kier alpha value is -1.85. The van der Waals surface area contributed by atoms with E-state index in [2.05, 4.69) is 18.7 Å². The number of ether oxygens (including phenoxy) is 1. The number of phenolic OH excluding ortho intramolecular Hbond substituents is 1. The normalized spacial score (nSPS) is 23.5. The third kappa shape index (κ3) is 3.09. The van der Waals surface area contributed by atoms with Gasteiger partial charge in [-0.05, 0) is 31.5 Å². The highest BCUT2D eigenvalue weighted by molar-refractivity contribution is 5.81. The van der Waals surface area contributed by atoms with Crippen molar-refractivity contribution in [2.75, 3.05) is 13.1 Å². The molecule has 5 heteroatoms. The minimum Gasteiger partial charge on any atom is -0.508 e. The molecule has 5 nitrogen and oxygen atoms in total. The van der Waals surface area contributed by atoms with Gasteiger partial charge in [0.2, 0.25) is 0 Å². The quantitative estimate of drug-likeness (QED) is 0.858. The van der Waals surface area contributed by atoms with Crippen LogP contribution in [-0.4, -0.2) is 35.3 Å². The zero-order valence-electron chi connectivity index (χ0n) is 12.2. The van der Waals surface area contributed by atoms with E-state index in [4.69, 9.17) is 9.15 Å². The number of hydrogen-bond acceptors (Lipinski definition) is 5. The second kappa shape index (κ2) is 5.50. The van der Waals surface area contributed by atoms with Crippen LogP contribution in [-0.2, 0) is 11.3 Å². The fourth-order valence-corrected chi connectivity index (χ4v) is 3.00. The van der Waals surface area contributed by atoms with Crippen LogP contribution in [0.3, 0.4) is 0 Å². The van der Waals surface area contributed by atoms with Crippen LogP contribution in [0.5, 0.6) is 5.75 Å². The molecule has 0 unspecified atom stereocenters. The molecular formula is C16H19NO4. The third-order valence-electron chi connectivity index (χ3n) is 3.70. The molecule has 1 N–H and O–H groups in total. The van der Waals surface area contributed by atoms with Crippen LogP contribution in [0.25, 0.3) is 11.0 Å². The summed E-state index contributed by atoms with van der Waals surface area (Å²) in [6.07, 6.45) is 0.369. The summed E-state index contributed by atoms with van der Waals surface area (Å²) in [6.45, 7) is 6.45. The van der Waals surface area contributed by atoms with E-state index in [1.165, 1.54) is 12.1 Å². The van der Waals surface area contributed by atoms with Crippen LogP contribution >= 0.6 is 0 Å². The number of benzene rings is 1. The van der Waals surface area contributed by atoms with Gasteiger partial charge in [0.15, 0.2) is 0 Å². The average Bonchev–Trinajstić information content (AvgIpc) is 2.36. The summed E-state index contributed by atoms with van der Waals surface area (Å²) in [5.74, 6) is 0.0939. The van der Waals surface area contributed by atoms with Crippen molar-refractivity contribution >= 4 is 11.0 Å². The van der Waals surface area contributed by atoms with Crippen molar-refractivity contribution in [2.45, 2.75) is 32.6 Å². The van der Waals surface area contributed by atoms with Crippen LogP contribution in [0, 0.1) is 0 Å². The van der Waals surface area contributed by atoms with Crippen molar-refractivity contribution in [3.8, 4) is 5.75 Å². The summed E-state index contributed by atoms with van der Waals surface area (Å²) in [7, 11) is 0. The Bertz CT molecular complexity index is 699. The lowest BCUT2D eigenvalue weighted by Crippen LogP contribution is -2.44. The van der Waals surface area contributed by atoms with Crippen LogP contribution in [0.2, 0.25) is 0 Å². The molecule has 21 heavy (non-hydrogen) atoms. The van der Waals surface area contributed by atoms with Crippen LogP contribution in [0.1, 0.15) is 19.4 Å². The molecule has 1 aliphatic rings. The average molecular weight is 289 g/mol. The molecule has 0 bridgehead atoms. The Morgan fingerprint density at radius 2 is 1.95 bits per heavy atom. The lowest BCUT2D eigenvalue weighted by Gasteiger charge is -2.35. The molecule has 112 valence electrons. The summed E-state index contributed by atoms with van der Waals surface area (Å²) in [5.41, 5.74) is 0.951. The summed E-state index contributed by atoms with van der Waals surface area (Å²) >= 11 is 0. The first-order valence-corrected chi connectivity index (χ1v) is 7.15. The number of nitrogens with zero attached hydrogens (tertiary/aromatic N) is 1. The molecule has 2 aromatic rings. The lowest BCUT2D eigenvalue weighted by atomic mass is 10.1. The van der Waals surface area contributed by atoms with E-state index in [1.807, 2.05) is 0 Å². The topological polar surface area (TPSA) is 62.9 Å². The maximum atomic E-state index is 11.7. The second-order valence-corrected chi connectivity index (χ2v) is 5.72. The van der Waals surface area contributed by atoms with Crippen molar-refractivity contribution < 1.29 is 14.3 Å². The molecule has 2 atom stereocenters. The Balaban J connectivity index is 1.95. The molecule has 0 radical (unpaired) electrons. The lowest BCUT2D eigenvalue weighted by molar-refractivity contribution is -0.0704. The number of fused-ring (bicyclic) bond motifs is 1. The first-order valence-electron chi connectivity index (χ1n) is 7.15. The number of aromatic hydroxyl groups is 1. The fraction of sp³-hybridized carbons (Fsp3) is 0.438. The molecule has 1 saturated heterocycles.